The largest absolute Gasteiger partial charge is 0.481 e. The standard InChI is InChI=1S/C15H13NO3/c1-10(9-14(17)18)15(19)16-13-8-4-6-11-5-2-3-7-12(11)13/h2-8H,1,9H2,(H,16,19)(H,17,18). The molecule has 0 atom stereocenters. The monoisotopic (exact) mass is 255 g/mol. The molecule has 0 aromatic heterocycles. The number of benzene rings is 2. The summed E-state index contributed by atoms with van der Waals surface area (Å²) in [4.78, 5) is 22.4. The molecular weight excluding hydrogens is 242 g/mol. The fourth-order valence-electron chi connectivity index (χ4n) is 1.81. The average molecular weight is 255 g/mol. The Bertz CT molecular complexity index is 656. The molecule has 19 heavy (non-hydrogen) atoms. The summed E-state index contributed by atoms with van der Waals surface area (Å²) in [5.41, 5.74) is 0.676. The summed E-state index contributed by atoms with van der Waals surface area (Å²) in [5.74, 6) is -1.54. The lowest BCUT2D eigenvalue weighted by atomic mass is 10.1. The Morgan fingerprint density at radius 2 is 1.79 bits per heavy atom. The molecule has 2 aromatic rings. The molecule has 0 aliphatic rings. The number of carbonyl (C=O) groups excluding carboxylic acids is 1. The number of carboxylic acids is 1. The molecule has 0 aliphatic carbocycles. The van der Waals surface area contributed by atoms with Gasteiger partial charge in [-0.25, -0.2) is 0 Å². The van der Waals surface area contributed by atoms with E-state index in [9.17, 15) is 9.59 Å². The van der Waals surface area contributed by atoms with Crippen molar-refractivity contribution in [2.24, 2.45) is 0 Å². The summed E-state index contributed by atoms with van der Waals surface area (Å²) in [5, 5.41) is 13.2. The Morgan fingerprint density at radius 3 is 2.53 bits per heavy atom. The van der Waals surface area contributed by atoms with Gasteiger partial charge in [0.2, 0.25) is 0 Å². The van der Waals surface area contributed by atoms with Crippen molar-refractivity contribution in [1.82, 2.24) is 0 Å². The molecule has 0 fully saturated rings. The molecule has 0 bridgehead atoms. The molecule has 1 amide bonds. The van der Waals surface area contributed by atoms with Gasteiger partial charge in [-0.15, -0.1) is 0 Å². The predicted octanol–water partition coefficient (Wildman–Crippen LogP) is 2.81. The summed E-state index contributed by atoms with van der Waals surface area (Å²) in [6.45, 7) is 3.48. The van der Waals surface area contributed by atoms with Gasteiger partial charge in [0, 0.05) is 16.6 Å². The van der Waals surface area contributed by atoms with Crippen LogP contribution in [0.1, 0.15) is 6.42 Å². The smallest absolute Gasteiger partial charge is 0.308 e. The van der Waals surface area contributed by atoms with Crippen molar-refractivity contribution in [3.63, 3.8) is 0 Å². The van der Waals surface area contributed by atoms with Crippen LogP contribution in [-0.2, 0) is 9.59 Å². The first kappa shape index (κ1) is 12.8. The van der Waals surface area contributed by atoms with Crippen molar-refractivity contribution >= 4 is 28.3 Å². The highest BCUT2D eigenvalue weighted by Gasteiger charge is 2.12. The molecule has 96 valence electrons. The van der Waals surface area contributed by atoms with Gasteiger partial charge in [0.15, 0.2) is 0 Å². The minimum atomic E-state index is -1.07. The third-order valence-electron chi connectivity index (χ3n) is 2.72. The Balaban J connectivity index is 2.24. The van der Waals surface area contributed by atoms with E-state index in [0.29, 0.717) is 5.69 Å². The lowest BCUT2D eigenvalue weighted by Gasteiger charge is -2.09. The van der Waals surface area contributed by atoms with E-state index < -0.39 is 11.9 Å². The van der Waals surface area contributed by atoms with E-state index in [4.69, 9.17) is 5.11 Å². The zero-order valence-corrected chi connectivity index (χ0v) is 10.2. The number of hydrogen-bond acceptors (Lipinski definition) is 2. The third-order valence-corrected chi connectivity index (χ3v) is 2.72. The predicted molar refractivity (Wildman–Crippen MR) is 74.0 cm³/mol. The first-order valence-corrected chi connectivity index (χ1v) is 5.76. The van der Waals surface area contributed by atoms with Gasteiger partial charge in [0.25, 0.3) is 5.91 Å². The third kappa shape index (κ3) is 2.98. The van der Waals surface area contributed by atoms with Crippen molar-refractivity contribution in [3.05, 3.63) is 54.6 Å². The highest BCUT2D eigenvalue weighted by atomic mass is 16.4. The minimum Gasteiger partial charge on any atom is -0.481 e. The van der Waals surface area contributed by atoms with Crippen LogP contribution < -0.4 is 5.32 Å². The summed E-state index contributed by atoms with van der Waals surface area (Å²) in [7, 11) is 0. The Kier molecular flexibility index (Phi) is 3.61. The SMILES string of the molecule is C=C(CC(=O)O)C(=O)Nc1cccc2ccccc12. The fraction of sp³-hybridized carbons (Fsp3) is 0.0667. The van der Waals surface area contributed by atoms with Crippen LogP contribution in [-0.4, -0.2) is 17.0 Å². The van der Waals surface area contributed by atoms with Gasteiger partial charge in [-0.3, -0.25) is 9.59 Å². The van der Waals surface area contributed by atoms with E-state index >= 15 is 0 Å². The van der Waals surface area contributed by atoms with Gasteiger partial charge in [-0.05, 0) is 11.5 Å². The number of carboxylic acid groups (broad SMARTS) is 1. The van der Waals surface area contributed by atoms with Crippen molar-refractivity contribution in [2.75, 3.05) is 5.32 Å². The van der Waals surface area contributed by atoms with Crippen LogP contribution in [0, 0.1) is 0 Å². The normalized spacial score (nSPS) is 10.1. The first-order valence-electron chi connectivity index (χ1n) is 5.76. The van der Waals surface area contributed by atoms with Crippen LogP contribution in [0.2, 0.25) is 0 Å². The van der Waals surface area contributed by atoms with Crippen LogP contribution in [0.15, 0.2) is 54.6 Å². The number of carbonyl (C=O) groups is 2. The number of hydrogen-bond donors (Lipinski definition) is 2. The maximum Gasteiger partial charge on any atom is 0.308 e. The summed E-state index contributed by atoms with van der Waals surface area (Å²) >= 11 is 0. The topological polar surface area (TPSA) is 66.4 Å². The maximum atomic E-state index is 11.8. The van der Waals surface area contributed by atoms with E-state index in [0.717, 1.165) is 10.8 Å². The second-order valence-electron chi connectivity index (χ2n) is 4.15. The molecule has 0 saturated heterocycles. The van der Waals surface area contributed by atoms with Crippen LogP contribution in [0.4, 0.5) is 5.69 Å². The molecule has 0 saturated carbocycles. The first-order chi connectivity index (χ1) is 9.08. The molecule has 4 heteroatoms. The fourth-order valence-corrected chi connectivity index (χ4v) is 1.81. The highest BCUT2D eigenvalue weighted by molar-refractivity contribution is 6.09. The van der Waals surface area contributed by atoms with Gasteiger partial charge >= 0.3 is 5.97 Å². The lowest BCUT2D eigenvalue weighted by molar-refractivity contribution is -0.136. The number of rotatable bonds is 4. The summed E-state index contributed by atoms with van der Waals surface area (Å²) in [6.07, 6.45) is -0.364. The molecule has 0 spiro atoms. The van der Waals surface area contributed by atoms with Crippen LogP contribution in [0.5, 0.6) is 0 Å². The lowest BCUT2D eigenvalue weighted by Crippen LogP contribution is -2.16. The molecule has 4 nitrogen and oxygen atoms in total. The highest BCUT2D eigenvalue weighted by Crippen LogP contribution is 2.23. The Morgan fingerprint density at radius 1 is 1.11 bits per heavy atom. The second-order valence-corrected chi connectivity index (χ2v) is 4.15. The number of amides is 1. The number of anilines is 1. The summed E-state index contributed by atoms with van der Waals surface area (Å²) in [6, 6.07) is 13.2. The molecule has 0 unspecified atom stereocenters. The van der Waals surface area contributed by atoms with Crippen molar-refractivity contribution in [3.8, 4) is 0 Å². The minimum absolute atomic E-state index is 0.0282. The van der Waals surface area contributed by atoms with Gasteiger partial charge < -0.3 is 10.4 Å². The zero-order valence-electron chi connectivity index (χ0n) is 10.2. The quantitative estimate of drug-likeness (QED) is 0.825. The van der Waals surface area contributed by atoms with Crippen molar-refractivity contribution in [2.45, 2.75) is 6.42 Å². The Hall–Kier alpha value is -2.62. The number of fused-ring (bicyclic) bond motifs is 1. The van der Waals surface area contributed by atoms with Gasteiger partial charge in [-0.2, -0.15) is 0 Å². The average Bonchev–Trinajstić information content (AvgIpc) is 2.38. The Labute approximate surface area is 110 Å². The van der Waals surface area contributed by atoms with Gasteiger partial charge in [0.05, 0.1) is 6.42 Å². The second kappa shape index (κ2) is 5.35. The molecular formula is C15H13NO3. The maximum absolute atomic E-state index is 11.8. The van der Waals surface area contributed by atoms with E-state index in [-0.39, 0.29) is 12.0 Å². The van der Waals surface area contributed by atoms with E-state index in [1.807, 2.05) is 36.4 Å². The number of nitrogens with one attached hydrogen (secondary N) is 1. The van der Waals surface area contributed by atoms with Crippen molar-refractivity contribution in [1.29, 1.82) is 0 Å². The number of aliphatic carboxylic acids is 1. The van der Waals surface area contributed by atoms with E-state index in [2.05, 4.69) is 11.9 Å². The molecule has 0 aliphatic heterocycles. The van der Waals surface area contributed by atoms with E-state index in [1.54, 1.807) is 6.07 Å². The molecule has 2 rings (SSSR count). The van der Waals surface area contributed by atoms with Gasteiger partial charge in [-0.1, -0.05) is 43.0 Å². The van der Waals surface area contributed by atoms with Crippen LogP contribution in [0.3, 0.4) is 0 Å². The van der Waals surface area contributed by atoms with Crippen LogP contribution in [0.25, 0.3) is 10.8 Å². The molecule has 0 heterocycles. The zero-order chi connectivity index (χ0) is 13.8. The molecule has 2 N–H and O–H groups in total. The molecule has 2 aromatic carbocycles. The van der Waals surface area contributed by atoms with Gasteiger partial charge in [0.1, 0.15) is 0 Å². The van der Waals surface area contributed by atoms with Crippen molar-refractivity contribution < 1.29 is 14.7 Å². The summed E-state index contributed by atoms with van der Waals surface area (Å²) < 4.78 is 0. The molecule has 0 radical (unpaired) electrons. The van der Waals surface area contributed by atoms with Crippen LogP contribution >= 0.6 is 0 Å². The van der Waals surface area contributed by atoms with E-state index in [1.165, 1.54) is 0 Å².